The molecule has 5 rings (SSSR count). The van der Waals surface area contributed by atoms with Gasteiger partial charge in [0, 0.05) is 5.39 Å². The highest BCUT2D eigenvalue weighted by molar-refractivity contribution is 7.68. The lowest BCUT2D eigenvalue weighted by atomic mass is 9.97. The fourth-order valence-electron chi connectivity index (χ4n) is 4.12. The molecule has 0 spiro atoms. The summed E-state index contributed by atoms with van der Waals surface area (Å²) in [6.07, 6.45) is -0.647. The van der Waals surface area contributed by atoms with Crippen LogP contribution in [-0.4, -0.2) is 15.9 Å². The van der Waals surface area contributed by atoms with Crippen LogP contribution in [0.15, 0.2) is 78.9 Å². The summed E-state index contributed by atoms with van der Waals surface area (Å²) >= 11 is -0.440. The van der Waals surface area contributed by atoms with Crippen molar-refractivity contribution in [1.82, 2.24) is 0 Å². The standard InChI is InChI=1S/C27H23NO3S/c1-27(2,3)31-26(29)28(32-30)25-10-6-9-19-13-22-14-20-11-17-7-4-5-8-18(17)12-21(20)15-23(22)16-24(19)25/h4-16,32H,1-3H3. The van der Waals surface area contributed by atoms with Gasteiger partial charge in [-0.1, -0.05) is 36.4 Å². The van der Waals surface area contributed by atoms with Crippen molar-refractivity contribution in [1.29, 1.82) is 0 Å². The van der Waals surface area contributed by atoms with Crippen LogP contribution in [0.1, 0.15) is 20.8 Å². The van der Waals surface area contributed by atoms with Crippen molar-refractivity contribution in [3.05, 3.63) is 78.9 Å². The van der Waals surface area contributed by atoms with Crippen molar-refractivity contribution in [3.63, 3.8) is 0 Å². The third kappa shape index (κ3) is 3.69. The third-order valence-corrected chi connectivity index (χ3v) is 6.05. The topological polar surface area (TPSA) is 46.6 Å². The maximum absolute atomic E-state index is 12.7. The van der Waals surface area contributed by atoms with Gasteiger partial charge in [0.2, 0.25) is 0 Å². The van der Waals surface area contributed by atoms with Gasteiger partial charge in [-0.15, -0.1) is 0 Å². The summed E-state index contributed by atoms with van der Waals surface area (Å²) in [6.45, 7) is 5.36. The van der Waals surface area contributed by atoms with Crippen LogP contribution in [0.2, 0.25) is 0 Å². The van der Waals surface area contributed by atoms with Gasteiger partial charge in [0.25, 0.3) is 0 Å². The van der Waals surface area contributed by atoms with E-state index in [4.69, 9.17) is 4.74 Å². The van der Waals surface area contributed by atoms with E-state index in [0.29, 0.717) is 5.69 Å². The molecule has 0 fully saturated rings. The van der Waals surface area contributed by atoms with Crippen molar-refractivity contribution in [2.45, 2.75) is 26.4 Å². The van der Waals surface area contributed by atoms with Gasteiger partial charge in [0.1, 0.15) is 17.5 Å². The first-order valence-electron chi connectivity index (χ1n) is 10.5. The van der Waals surface area contributed by atoms with Crippen molar-refractivity contribution in [2.75, 3.05) is 4.31 Å². The van der Waals surface area contributed by atoms with Gasteiger partial charge in [-0.05, 0) is 101 Å². The number of fused-ring (bicyclic) bond motifs is 4. The van der Waals surface area contributed by atoms with E-state index < -0.39 is 23.5 Å². The predicted molar refractivity (Wildman–Crippen MR) is 135 cm³/mol. The van der Waals surface area contributed by atoms with Crippen molar-refractivity contribution in [2.24, 2.45) is 0 Å². The summed E-state index contributed by atoms with van der Waals surface area (Å²) in [4.78, 5) is 12.7. The van der Waals surface area contributed by atoms with Gasteiger partial charge in [0.15, 0.2) is 0 Å². The molecule has 0 aliphatic heterocycles. The van der Waals surface area contributed by atoms with E-state index in [-0.39, 0.29) is 0 Å². The average Bonchev–Trinajstić information content (AvgIpc) is 2.74. The van der Waals surface area contributed by atoms with E-state index in [0.717, 1.165) is 31.2 Å². The van der Waals surface area contributed by atoms with Crippen LogP contribution in [0.5, 0.6) is 0 Å². The van der Waals surface area contributed by atoms with Crippen LogP contribution < -0.4 is 4.31 Å². The second kappa shape index (κ2) is 7.61. The molecule has 160 valence electrons. The lowest BCUT2D eigenvalue weighted by Crippen LogP contribution is -2.34. The normalized spacial score (nSPS) is 12.0. The third-order valence-electron chi connectivity index (χ3n) is 5.51. The molecule has 4 nitrogen and oxygen atoms in total. The van der Waals surface area contributed by atoms with Crippen LogP contribution in [0.25, 0.3) is 43.1 Å². The Morgan fingerprint density at radius 2 is 1.22 bits per heavy atom. The number of anilines is 1. The van der Waals surface area contributed by atoms with Gasteiger partial charge in [0.05, 0.1) is 5.69 Å². The SMILES string of the molecule is CC(C)(C)OC(=O)N([SH]=O)c1cccc2cc3cc4cc5ccccc5cc4cc3cc12. The Balaban J connectivity index is 1.71. The van der Waals surface area contributed by atoms with Gasteiger partial charge >= 0.3 is 6.09 Å². The van der Waals surface area contributed by atoms with Crippen molar-refractivity contribution in [3.8, 4) is 0 Å². The first-order chi connectivity index (χ1) is 15.3. The second-order valence-corrected chi connectivity index (χ2v) is 9.53. The first kappa shape index (κ1) is 20.5. The lowest BCUT2D eigenvalue weighted by molar-refractivity contribution is 0.0611. The number of benzene rings is 5. The molecule has 0 saturated carbocycles. The molecule has 5 aromatic rings. The van der Waals surface area contributed by atoms with E-state index in [1.54, 1.807) is 26.8 Å². The molecule has 1 amide bonds. The number of carbonyl (C=O) groups excluding carboxylic acids is 1. The summed E-state index contributed by atoms with van der Waals surface area (Å²) in [6, 6.07) is 26.9. The monoisotopic (exact) mass is 441 g/mol. The molecule has 5 heteroatoms. The second-order valence-electron chi connectivity index (χ2n) is 8.97. The minimum Gasteiger partial charge on any atom is -0.443 e. The minimum atomic E-state index is -0.682. The van der Waals surface area contributed by atoms with Crippen LogP contribution in [0.3, 0.4) is 0 Å². The summed E-state index contributed by atoms with van der Waals surface area (Å²) in [5.74, 6) is 0. The van der Waals surface area contributed by atoms with E-state index in [2.05, 4.69) is 54.6 Å². The number of amides is 1. The highest BCUT2D eigenvalue weighted by Gasteiger charge is 2.24. The predicted octanol–water partition coefficient (Wildman–Crippen LogP) is 6.90. The molecule has 0 atom stereocenters. The molecule has 0 aliphatic carbocycles. The molecule has 0 heterocycles. The lowest BCUT2D eigenvalue weighted by Gasteiger charge is -2.24. The molecule has 0 aliphatic rings. The number of nitrogens with zero attached hydrogens (tertiary/aromatic N) is 1. The first-order valence-corrected chi connectivity index (χ1v) is 11.2. The minimum absolute atomic E-state index is 0.440. The van der Waals surface area contributed by atoms with Crippen LogP contribution >= 0.6 is 0 Å². The molecule has 0 aromatic heterocycles. The number of hydrogen-bond acceptors (Lipinski definition) is 3. The van der Waals surface area contributed by atoms with E-state index in [9.17, 15) is 9.00 Å². The molecule has 32 heavy (non-hydrogen) atoms. The van der Waals surface area contributed by atoms with Gasteiger partial charge in [-0.3, -0.25) is 0 Å². The van der Waals surface area contributed by atoms with E-state index in [1.807, 2.05) is 18.2 Å². The fourth-order valence-corrected chi connectivity index (χ4v) is 4.49. The van der Waals surface area contributed by atoms with E-state index in [1.165, 1.54) is 16.2 Å². The number of thiol groups is 1. The molecular formula is C27H23NO3S. The summed E-state index contributed by atoms with van der Waals surface area (Å²) < 4.78 is 18.6. The highest BCUT2D eigenvalue weighted by atomic mass is 32.2. The zero-order valence-electron chi connectivity index (χ0n) is 18.1. The molecule has 0 saturated heterocycles. The Kier molecular flexibility index (Phi) is 4.86. The summed E-state index contributed by atoms with van der Waals surface area (Å²) in [5.41, 5.74) is -0.132. The Morgan fingerprint density at radius 1 is 0.719 bits per heavy atom. The largest absolute Gasteiger partial charge is 0.443 e. The summed E-state index contributed by atoms with van der Waals surface area (Å²) in [7, 11) is 0. The molecule has 0 bridgehead atoms. The van der Waals surface area contributed by atoms with Crippen LogP contribution in [-0.2, 0) is 16.6 Å². The number of hydrogen-bond donors (Lipinski definition) is 1. The molecule has 0 radical (unpaired) electrons. The Hall–Kier alpha value is -3.44. The highest BCUT2D eigenvalue weighted by Crippen LogP contribution is 2.34. The Morgan fingerprint density at radius 3 is 1.78 bits per heavy atom. The Bertz CT molecular complexity index is 1540. The number of rotatable bonds is 2. The van der Waals surface area contributed by atoms with Gasteiger partial charge in [-0.25, -0.2) is 9.00 Å². The molecule has 0 N–H and O–H groups in total. The maximum atomic E-state index is 12.7. The van der Waals surface area contributed by atoms with Crippen LogP contribution in [0.4, 0.5) is 10.5 Å². The zero-order valence-corrected chi connectivity index (χ0v) is 19.0. The fraction of sp³-hybridized carbons (Fsp3) is 0.148. The van der Waals surface area contributed by atoms with Gasteiger partial charge < -0.3 is 4.74 Å². The number of carbonyl (C=O) groups is 1. The number of ether oxygens (including phenoxy) is 1. The van der Waals surface area contributed by atoms with Crippen LogP contribution in [0, 0.1) is 0 Å². The zero-order chi connectivity index (χ0) is 22.5. The van der Waals surface area contributed by atoms with E-state index >= 15 is 0 Å². The maximum Gasteiger partial charge on any atom is 0.426 e. The molecule has 0 unspecified atom stereocenters. The summed E-state index contributed by atoms with van der Waals surface area (Å²) in [5, 5.41) is 8.72. The molecule has 5 aromatic carbocycles. The van der Waals surface area contributed by atoms with Crippen molar-refractivity contribution < 1.29 is 13.7 Å². The smallest absolute Gasteiger partial charge is 0.426 e. The average molecular weight is 442 g/mol. The van der Waals surface area contributed by atoms with Crippen molar-refractivity contribution >= 4 is 66.7 Å². The molecular weight excluding hydrogens is 418 g/mol. The Labute approximate surface area is 190 Å². The quantitative estimate of drug-likeness (QED) is 0.239. The van der Waals surface area contributed by atoms with Gasteiger partial charge in [-0.2, -0.15) is 4.31 Å².